The molecule has 0 radical (unpaired) electrons. The highest BCUT2D eigenvalue weighted by molar-refractivity contribution is 6.34. The number of carbonyl (C=O) groups excluding carboxylic acids is 2. The number of benzene rings is 2. The van der Waals surface area contributed by atoms with Gasteiger partial charge >= 0.3 is 0 Å². The first-order chi connectivity index (χ1) is 12.0. The molecule has 2 aromatic carbocycles. The molecule has 0 aliphatic carbocycles. The zero-order chi connectivity index (χ0) is 18.0. The van der Waals surface area contributed by atoms with E-state index in [1.54, 1.807) is 18.2 Å². The standard InChI is InChI=1S/C17H15ClN2O5/c1-23-13-6-9(7-14-15(13)25-5-4-24-14)17(22)20-10-2-3-11(16(19)21)12(18)8-10/h2-3,6-8H,4-5H2,1H3,(H2,19,21)(H,20,22). The first-order valence-electron chi connectivity index (χ1n) is 7.38. The Morgan fingerprint density at radius 1 is 1.20 bits per heavy atom. The van der Waals surface area contributed by atoms with E-state index < -0.39 is 11.8 Å². The number of ether oxygens (including phenoxy) is 3. The van der Waals surface area contributed by atoms with Crippen molar-refractivity contribution < 1.29 is 23.8 Å². The van der Waals surface area contributed by atoms with Crippen molar-refractivity contribution in [3.8, 4) is 17.2 Å². The molecule has 130 valence electrons. The molecule has 2 amide bonds. The molecular formula is C17H15ClN2O5. The van der Waals surface area contributed by atoms with Crippen molar-refractivity contribution in [3.05, 3.63) is 46.5 Å². The number of rotatable bonds is 4. The first kappa shape index (κ1) is 16.9. The van der Waals surface area contributed by atoms with Gasteiger partial charge in [-0.1, -0.05) is 11.6 Å². The van der Waals surface area contributed by atoms with Crippen LogP contribution in [0.1, 0.15) is 20.7 Å². The number of nitrogens with two attached hydrogens (primary N) is 1. The molecule has 0 saturated heterocycles. The number of amides is 2. The van der Waals surface area contributed by atoms with Crippen molar-refractivity contribution in [1.82, 2.24) is 0 Å². The molecule has 1 aliphatic rings. The van der Waals surface area contributed by atoms with Gasteiger partial charge in [0.25, 0.3) is 5.91 Å². The van der Waals surface area contributed by atoms with Crippen molar-refractivity contribution in [2.24, 2.45) is 5.73 Å². The number of carbonyl (C=O) groups is 2. The summed E-state index contributed by atoms with van der Waals surface area (Å²) in [5, 5.41) is 2.85. The van der Waals surface area contributed by atoms with E-state index in [9.17, 15) is 9.59 Å². The van der Waals surface area contributed by atoms with E-state index in [2.05, 4.69) is 5.32 Å². The third-order valence-corrected chi connectivity index (χ3v) is 3.90. The lowest BCUT2D eigenvalue weighted by Crippen LogP contribution is -2.18. The number of hydrogen-bond donors (Lipinski definition) is 2. The summed E-state index contributed by atoms with van der Waals surface area (Å²) in [6, 6.07) is 7.58. The van der Waals surface area contributed by atoms with Gasteiger partial charge in [0, 0.05) is 11.3 Å². The van der Waals surface area contributed by atoms with Crippen LogP contribution in [-0.4, -0.2) is 32.1 Å². The lowest BCUT2D eigenvalue weighted by atomic mass is 10.1. The molecule has 0 aromatic heterocycles. The van der Waals surface area contributed by atoms with Crippen molar-refractivity contribution >= 4 is 29.1 Å². The summed E-state index contributed by atoms with van der Waals surface area (Å²) >= 11 is 5.99. The van der Waals surface area contributed by atoms with Gasteiger partial charge in [0.2, 0.25) is 11.7 Å². The second-order valence-electron chi connectivity index (χ2n) is 5.22. The molecule has 0 bridgehead atoms. The molecular weight excluding hydrogens is 348 g/mol. The van der Waals surface area contributed by atoms with Gasteiger partial charge in [0.05, 0.1) is 17.7 Å². The SMILES string of the molecule is COc1cc(C(=O)Nc2ccc(C(N)=O)c(Cl)c2)cc2c1OCCO2. The van der Waals surface area contributed by atoms with Crippen LogP contribution in [0, 0.1) is 0 Å². The van der Waals surface area contributed by atoms with Crippen LogP contribution in [0.4, 0.5) is 5.69 Å². The number of halogens is 1. The number of methoxy groups -OCH3 is 1. The molecule has 0 spiro atoms. The maximum Gasteiger partial charge on any atom is 0.255 e. The molecule has 2 aromatic rings. The van der Waals surface area contributed by atoms with Crippen LogP contribution in [-0.2, 0) is 0 Å². The van der Waals surface area contributed by atoms with Gasteiger partial charge < -0.3 is 25.3 Å². The predicted molar refractivity (Wildman–Crippen MR) is 91.9 cm³/mol. The summed E-state index contributed by atoms with van der Waals surface area (Å²) in [6.45, 7) is 0.811. The smallest absolute Gasteiger partial charge is 0.255 e. The molecule has 3 rings (SSSR count). The van der Waals surface area contributed by atoms with Crippen LogP contribution in [0.25, 0.3) is 0 Å². The first-order valence-corrected chi connectivity index (χ1v) is 7.75. The highest BCUT2D eigenvalue weighted by atomic mass is 35.5. The van der Waals surface area contributed by atoms with Crippen LogP contribution in [0.3, 0.4) is 0 Å². The predicted octanol–water partition coefficient (Wildman–Crippen LogP) is 2.47. The van der Waals surface area contributed by atoms with E-state index in [4.69, 9.17) is 31.5 Å². The summed E-state index contributed by atoms with van der Waals surface area (Å²) in [4.78, 5) is 23.7. The van der Waals surface area contributed by atoms with E-state index in [0.29, 0.717) is 41.7 Å². The average molecular weight is 363 g/mol. The lowest BCUT2D eigenvalue weighted by molar-refractivity contribution is 0.0998. The normalized spacial score (nSPS) is 12.4. The van der Waals surface area contributed by atoms with Gasteiger partial charge in [-0.05, 0) is 30.3 Å². The zero-order valence-electron chi connectivity index (χ0n) is 13.3. The molecule has 0 unspecified atom stereocenters. The van der Waals surface area contributed by atoms with Gasteiger partial charge in [-0.15, -0.1) is 0 Å². The minimum atomic E-state index is -0.639. The molecule has 0 atom stereocenters. The Hall–Kier alpha value is -2.93. The summed E-state index contributed by atoms with van der Waals surface area (Å²) in [5.41, 5.74) is 6.14. The van der Waals surface area contributed by atoms with Crippen molar-refractivity contribution in [1.29, 1.82) is 0 Å². The molecule has 3 N–H and O–H groups in total. The van der Waals surface area contributed by atoms with Crippen molar-refractivity contribution in [3.63, 3.8) is 0 Å². The maximum absolute atomic E-state index is 12.5. The number of hydrogen-bond acceptors (Lipinski definition) is 5. The quantitative estimate of drug-likeness (QED) is 0.870. The Balaban J connectivity index is 1.86. The molecule has 1 heterocycles. The lowest BCUT2D eigenvalue weighted by Gasteiger charge is -2.21. The van der Waals surface area contributed by atoms with Crippen molar-refractivity contribution in [2.75, 3.05) is 25.6 Å². The fourth-order valence-corrected chi connectivity index (χ4v) is 2.67. The highest BCUT2D eigenvalue weighted by Crippen LogP contribution is 2.40. The molecule has 1 aliphatic heterocycles. The molecule has 25 heavy (non-hydrogen) atoms. The Morgan fingerprint density at radius 3 is 2.64 bits per heavy atom. The number of primary amides is 1. The Bertz CT molecular complexity index is 836. The van der Waals surface area contributed by atoms with Crippen LogP contribution in [0.15, 0.2) is 30.3 Å². The van der Waals surface area contributed by atoms with Crippen LogP contribution in [0.5, 0.6) is 17.2 Å². The van der Waals surface area contributed by atoms with Gasteiger partial charge in [-0.3, -0.25) is 9.59 Å². The van der Waals surface area contributed by atoms with Crippen LogP contribution >= 0.6 is 11.6 Å². The second kappa shape index (κ2) is 6.90. The Labute approximate surface area is 148 Å². The number of nitrogens with one attached hydrogen (secondary N) is 1. The van der Waals surface area contributed by atoms with Gasteiger partial charge in [0.1, 0.15) is 13.2 Å². The van der Waals surface area contributed by atoms with Gasteiger partial charge in [0.15, 0.2) is 11.5 Å². The molecule has 0 fully saturated rings. The third-order valence-electron chi connectivity index (χ3n) is 3.58. The van der Waals surface area contributed by atoms with Crippen LogP contribution in [0.2, 0.25) is 5.02 Å². The Morgan fingerprint density at radius 2 is 1.96 bits per heavy atom. The van der Waals surface area contributed by atoms with Crippen LogP contribution < -0.4 is 25.3 Å². The minimum absolute atomic E-state index is 0.157. The fraction of sp³-hybridized carbons (Fsp3) is 0.176. The van der Waals surface area contributed by atoms with E-state index >= 15 is 0 Å². The van der Waals surface area contributed by atoms with E-state index in [-0.39, 0.29) is 10.6 Å². The Kier molecular flexibility index (Phi) is 4.67. The van der Waals surface area contributed by atoms with E-state index in [0.717, 1.165) is 0 Å². The second-order valence-corrected chi connectivity index (χ2v) is 5.62. The summed E-state index contributed by atoms with van der Waals surface area (Å²) in [6.07, 6.45) is 0. The van der Waals surface area contributed by atoms with E-state index in [1.807, 2.05) is 0 Å². The number of anilines is 1. The third kappa shape index (κ3) is 3.46. The molecule has 0 saturated carbocycles. The maximum atomic E-state index is 12.5. The average Bonchev–Trinajstić information content (AvgIpc) is 2.60. The minimum Gasteiger partial charge on any atom is -0.493 e. The number of fused-ring (bicyclic) bond motifs is 1. The van der Waals surface area contributed by atoms with E-state index in [1.165, 1.54) is 19.2 Å². The van der Waals surface area contributed by atoms with Gasteiger partial charge in [-0.25, -0.2) is 0 Å². The monoisotopic (exact) mass is 362 g/mol. The fourth-order valence-electron chi connectivity index (χ4n) is 2.40. The summed E-state index contributed by atoms with van der Waals surface area (Å²) in [5.74, 6) is 0.291. The summed E-state index contributed by atoms with van der Waals surface area (Å²) in [7, 11) is 1.48. The molecule has 7 nitrogen and oxygen atoms in total. The molecule has 8 heteroatoms. The van der Waals surface area contributed by atoms with Gasteiger partial charge in [-0.2, -0.15) is 0 Å². The topological polar surface area (TPSA) is 99.9 Å². The van der Waals surface area contributed by atoms with Crippen molar-refractivity contribution in [2.45, 2.75) is 0 Å². The zero-order valence-corrected chi connectivity index (χ0v) is 14.1. The highest BCUT2D eigenvalue weighted by Gasteiger charge is 2.21. The largest absolute Gasteiger partial charge is 0.493 e. The summed E-state index contributed by atoms with van der Waals surface area (Å²) < 4.78 is 16.3.